The summed E-state index contributed by atoms with van der Waals surface area (Å²) in [6.45, 7) is 2.81. The van der Waals surface area contributed by atoms with E-state index in [2.05, 4.69) is 14.7 Å². The van der Waals surface area contributed by atoms with Gasteiger partial charge in [0.2, 0.25) is 5.16 Å². The average molecular weight is 439 g/mol. The smallest absolute Gasteiger partial charge is 0.387 e. The van der Waals surface area contributed by atoms with Crippen molar-refractivity contribution in [3.8, 4) is 17.2 Å². The van der Waals surface area contributed by atoms with Crippen LogP contribution in [0.25, 0.3) is 11.0 Å². The molecule has 7 nitrogen and oxygen atoms in total. The van der Waals surface area contributed by atoms with Crippen molar-refractivity contribution in [2.24, 2.45) is 0 Å². The fraction of sp³-hybridized carbons (Fsp3) is 0.400. The Morgan fingerprint density at radius 3 is 2.50 bits per heavy atom. The van der Waals surface area contributed by atoms with E-state index in [1.54, 1.807) is 22.9 Å². The van der Waals surface area contributed by atoms with E-state index in [1.165, 1.54) is 26.4 Å². The molecule has 0 bridgehead atoms. The van der Waals surface area contributed by atoms with Gasteiger partial charge in [0.25, 0.3) is 0 Å². The number of pyridine rings is 1. The number of ether oxygens (including phenoxy) is 3. The molecular formula is C20H23F2N3O4S. The van der Waals surface area contributed by atoms with Crippen molar-refractivity contribution < 1.29 is 27.2 Å². The third-order valence-electron chi connectivity index (χ3n) is 4.33. The van der Waals surface area contributed by atoms with Crippen molar-refractivity contribution in [2.45, 2.75) is 43.8 Å². The molecule has 10 heteroatoms. The van der Waals surface area contributed by atoms with Crippen LogP contribution in [0.15, 0.2) is 35.6 Å². The van der Waals surface area contributed by atoms with Gasteiger partial charge in [-0.1, -0.05) is 0 Å². The van der Waals surface area contributed by atoms with E-state index in [4.69, 9.17) is 9.47 Å². The number of alkyl halides is 2. The largest absolute Gasteiger partial charge is 0.493 e. The zero-order valence-corrected chi connectivity index (χ0v) is 18.1. The molecule has 1 atom stereocenters. The van der Waals surface area contributed by atoms with E-state index in [0.717, 1.165) is 0 Å². The van der Waals surface area contributed by atoms with Crippen LogP contribution in [0, 0.1) is 0 Å². The summed E-state index contributed by atoms with van der Waals surface area (Å²) in [6, 6.07) is 6.11. The van der Waals surface area contributed by atoms with Crippen molar-refractivity contribution in [1.29, 1.82) is 0 Å². The maximum absolute atomic E-state index is 13.3. The van der Waals surface area contributed by atoms with Crippen LogP contribution in [0.5, 0.6) is 17.2 Å². The van der Waals surface area contributed by atoms with Gasteiger partial charge in [0.05, 0.1) is 47.5 Å². The highest BCUT2D eigenvalue weighted by molar-refractivity contribution is 7.84. The number of halogens is 2. The molecule has 0 aliphatic rings. The van der Waals surface area contributed by atoms with Crippen LogP contribution in [-0.4, -0.2) is 39.6 Å². The highest BCUT2D eigenvalue weighted by atomic mass is 32.2. The first-order valence-corrected chi connectivity index (χ1v) is 10.4. The Bertz CT molecular complexity index is 1080. The summed E-state index contributed by atoms with van der Waals surface area (Å²) in [6.07, 6.45) is 1.55. The minimum atomic E-state index is -2.94. The number of hydrogen-bond donors (Lipinski definition) is 0. The lowest BCUT2D eigenvalue weighted by molar-refractivity contribution is -0.0497. The Kier molecular flexibility index (Phi) is 6.25. The summed E-state index contributed by atoms with van der Waals surface area (Å²) in [7, 11) is 1.40. The first kappa shape index (κ1) is 21.9. The van der Waals surface area contributed by atoms with Gasteiger partial charge in [-0.3, -0.25) is 9.19 Å². The van der Waals surface area contributed by atoms with Gasteiger partial charge >= 0.3 is 6.61 Å². The summed E-state index contributed by atoms with van der Waals surface area (Å²) in [4.78, 5) is 8.79. The second kappa shape index (κ2) is 8.55. The maximum atomic E-state index is 13.3. The summed E-state index contributed by atoms with van der Waals surface area (Å²) < 4.78 is 55.5. The van der Waals surface area contributed by atoms with E-state index in [-0.39, 0.29) is 11.5 Å². The van der Waals surface area contributed by atoms with Gasteiger partial charge in [-0.25, -0.2) is 4.98 Å². The molecule has 1 aromatic carbocycles. The van der Waals surface area contributed by atoms with Gasteiger partial charge in [0.15, 0.2) is 11.5 Å². The number of benzene rings is 1. The Balaban J connectivity index is 2.08. The van der Waals surface area contributed by atoms with Gasteiger partial charge < -0.3 is 18.8 Å². The van der Waals surface area contributed by atoms with Gasteiger partial charge in [-0.05, 0) is 32.9 Å². The SMILES string of the molecule is COc1ccnc(CS(=O)c2nc3ccc(OC(F)F)cc3n2C(C)(C)C)c1OC. The summed E-state index contributed by atoms with van der Waals surface area (Å²) in [5, 5.41) is 0.304. The number of rotatable bonds is 7. The maximum Gasteiger partial charge on any atom is 0.387 e. The standard InChI is InChI=1S/C20H23F2N3O4S/c1-20(2,3)25-15-10-12(29-18(21)22)6-7-13(15)24-19(25)30(26)11-14-17(28-5)16(27-4)8-9-23-14/h6-10,18H,11H2,1-5H3. The quantitative estimate of drug-likeness (QED) is 0.552. The Hall–Kier alpha value is -2.75. The third-order valence-corrected chi connectivity index (χ3v) is 5.55. The van der Waals surface area contributed by atoms with Crippen molar-refractivity contribution in [3.05, 3.63) is 36.2 Å². The van der Waals surface area contributed by atoms with Crippen LogP contribution in [0.2, 0.25) is 0 Å². The highest BCUT2D eigenvalue weighted by Gasteiger charge is 2.27. The number of imidazole rings is 1. The molecule has 0 spiro atoms. The average Bonchev–Trinajstić information content (AvgIpc) is 3.06. The molecule has 0 saturated carbocycles. The van der Waals surface area contributed by atoms with E-state index < -0.39 is 22.9 Å². The first-order chi connectivity index (χ1) is 14.2. The lowest BCUT2D eigenvalue weighted by Crippen LogP contribution is -2.25. The topological polar surface area (TPSA) is 75.5 Å². The van der Waals surface area contributed by atoms with Gasteiger partial charge in [0, 0.05) is 23.9 Å². The van der Waals surface area contributed by atoms with E-state index >= 15 is 0 Å². The highest BCUT2D eigenvalue weighted by Crippen LogP contribution is 2.33. The van der Waals surface area contributed by atoms with Gasteiger partial charge in [-0.2, -0.15) is 8.78 Å². The first-order valence-electron chi connectivity index (χ1n) is 9.07. The van der Waals surface area contributed by atoms with Crippen molar-refractivity contribution in [1.82, 2.24) is 14.5 Å². The third kappa shape index (κ3) is 4.38. The van der Waals surface area contributed by atoms with E-state index in [0.29, 0.717) is 33.4 Å². The molecule has 0 N–H and O–H groups in total. The normalized spacial score (nSPS) is 12.9. The molecule has 0 aliphatic carbocycles. The summed E-state index contributed by atoms with van der Waals surface area (Å²) in [5.41, 5.74) is 1.02. The zero-order valence-electron chi connectivity index (χ0n) is 17.3. The van der Waals surface area contributed by atoms with E-state index in [1.807, 2.05) is 20.8 Å². The lowest BCUT2D eigenvalue weighted by Gasteiger charge is -2.24. The molecule has 1 unspecified atom stereocenters. The molecule has 30 heavy (non-hydrogen) atoms. The molecule has 2 heterocycles. The lowest BCUT2D eigenvalue weighted by atomic mass is 10.1. The Morgan fingerprint density at radius 1 is 1.17 bits per heavy atom. The van der Waals surface area contributed by atoms with Crippen LogP contribution >= 0.6 is 0 Å². The van der Waals surface area contributed by atoms with Gasteiger partial charge in [0.1, 0.15) is 5.75 Å². The number of aromatic nitrogens is 3. The second-order valence-corrected chi connectivity index (χ2v) is 8.76. The molecule has 3 rings (SSSR count). The van der Waals surface area contributed by atoms with Crippen molar-refractivity contribution in [2.75, 3.05) is 14.2 Å². The Labute approximate surface area is 175 Å². The molecule has 3 aromatic rings. The molecular weight excluding hydrogens is 416 g/mol. The van der Waals surface area contributed by atoms with Crippen LogP contribution < -0.4 is 14.2 Å². The second-order valence-electron chi connectivity index (χ2n) is 7.41. The van der Waals surface area contributed by atoms with Crippen molar-refractivity contribution in [3.63, 3.8) is 0 Å². The molecule has 0 amide bonds. The molecule has 0 aliphatic heterocycles. The van der Waals surface area contributed by atoms with Crippen LogP contribution in [0.1, 0.15) is 26.5 Å². The zero-order chi connectivity index (χ0) is 22.1. The van der Waals surface area contributed by atoms with Crippen molar-refractivity contribution >= 4 is 21.8 Å². The monoisotopic (exact) mass is 439 g/mol. The molecule has 0 saturated heterocycles. The fourth-order valence-corrected chi connectivity index (χ4v) is 4.51. The summed E-state index contributed by atoms with van der Waals surface area (Å²) >= 11 is 0. The number of hydrogen-bond acceptors (Lipinski definition) is 6. The molecule has 0 fully saturated rings. The van der Waals surface area contributed by atoms with Crippen LogP contribution in [-0.2, 0) is 22.1 Å². The number of fused-ring (bicyclic) bond motifs is 1. The Morgan fingerprint density at radius 2 is 1.90 bits per heavy atom. The predicted octanol–water partition coefficient (Wildman–Crippen LogP) is 4.11. The number of methoxy groups -OCH3 is 2. The minimum absolute atomic E-state index is 0.0105. The molecule has 162 valence electrons. The molecule has 0 radical (unpaired) electrons. The van der Waals surface area contributed by atoms with E-state index in [9.17, 15) is 13.0 Å². The minimum Gasteiger partial charge on any atom is -0.493 e. The van der Waals surface area contributed by atoms with Crippen LogP contribution in [0.4, 0.5) is 8.78 Å². The van der Waals surface area contributed by atoms with Gasteiger partial charge in [-0.15, -0.1) is 0 Å². The summed E-state index contributed by atoms with van der Waals surface area (Å²) in [5.74, 6) is 0.938. The predicted molar refractivity (Wildman–Crippen MR) is 109 cm³/mol. The number of nitrogens with zero attached hydrogens (tertiary/aromatic N) is 3. The molecule has 2 aromatic heterocycles. The van der Waals surface area contributed by atoms with Crippen LogP contribution in [0.3, 0.4) is 0 Å². The fourth-order valence-electron chi connectivity index (χ4n) is 3.15.